The van der Waals surface area contributed by atoms with Crippen LogP contribution in [-0.4, -0.2) is 36.4 Å². The van der Waals surface area contributed by atoms with Crippen molar-refractivity contribution in [3.05, 3.63) is 48.2 Å². The number of rotatable bonds is 7. The molecule has 0 radical (unpaired) electrons. The molecule has 1 unspecified atom stereocenters. The smallest absolute Gasteiger partial charge is 0.165 e. The number of benzene rings is 1. The van der Waals surface area contributed by atoms with Crippen LogP contribution >= 0.6 is 12.2 Å². The fraction of sp³-hybridized carbons (Fsp3) is 0.389. The summed E-state index contributed by atoms with van der Waals surface area (Å²) in [5, 5.41) is 3.51. The molecule has 1 aliphatic rings. The van der Waals surface area contributed by atoms with E-state index in [2.05, 4.69) is 29.4 Å². The number of thiocarbonyl (C=S) groups is 1. The molecule has 1 heterocycles. The average molecular weight is 347 g/mol. The summed E-state index contributed by atoms with van der Waals surface area (Å²) in [6, 6.07) is 5.82. The molecule has 0 aliphatic carbocycles. The van der Waals surface area contributed by atoms with E-state index in [-0.39, 0.29) is 5.11 Å². The van der Waals surface area contributed by atoms with Gasteiger partial charge in [-0.25, -0.2) is 0 Å². The molecule has 1 aliphatic heterocycles. The Morgan fingerprint density at radius 3 is 2.46 bits per heavy atom. The molecular formula is C18H25N3O2S. The van der Waals surface area contributed by atoms with E-state index >= 15 is 0 Å². The molecule has 0 spiro atoms. The Balaban J connectivity index is 2.22. The average Bonchev–Trinajstić information content (AvgIpc) is 2.60. The SMILES string of the molecule is CCC1(NC(N)=S)C=CC=CN1CCc1c(OC)cccc1OC. The lowest BCUT2D eigenvalue weighted by Gasteiger charge is -2.43. The lowest BCUT2D eigenvalue weighted by molar-refractivity contribution is 0.170. The van der Waals surface area contributed by atoms with Crippen LogP contribution in [0.2, 0.25) is 0 Å². The van der Waals surface area contributed by atoms with Crippen LogP contribution in [0.1, 0.15) is 18.9 Å². The van der Waals surface area contributed by atoms with Crippen molar-refractivity contribution >= 4 is 17.3 Å². The number of methoxy groups -OCH3 is 2. The number of nitrogens with one attached hydrogen (secondary N) is 1. The van der Waals surface area contributed by atoms with Gasteiger partial charge in [-0.2, -0.15) is 0 Å². The lowest BCUT2D eigenvalue weighted by Crippen LogP contribution is -2.59. The lowest BCUT2D eigenvalue weighted by atomic mass is 10.0. The highest BCUT2D eigenvalue weighted by atomic mass is 32.1. The second kappa shape index (κ2) is 8.06. The van der Waals surface area contributed by atoms with E-state index < -0.39 is 5.66 Å². The number of nitrogens with two attached hydrogens (primary N) is 1. The minimum absolute atomic E-state index is 0.289. The fourth-order valence-corrected chi connectivity index (χ4v) is 3.19. The fourth-order valence-electron chi connectivity index (χ4n) is 3.01. The number of ether oxygens (including phenoxy) is 2. The van der Waals surface area contributed by atoms with Crippen molar-refractivity contribution in [2.75, 3.05) is 20.8 Å². The van der Waals surface area contributed by atoms with Crippen LogP contribution in [0.25, 0.3) is 0 Å². The van der Waals surface area contributed by atoms with Gasteiger partial charge in [-0.05, 0) is 49.3 Å². The summed E-state index contributed by atoms with van der Waals surface area (Å²) in [5.41, 5.74) is 6.38. The summed E-state index contributed by atoms with van der Waals surface area (Å²) < 4.78 is 11.0. The van der Waals surface area contributed by atoms with Crippen LogP contribution in [-0.2, 0) is 6.42 Å². The highest BCUT2D eigenvalue weighted by Crippen LogP contribution is 2.30. The van der Waals surface area contributed by atoms with Crippen molar-refractivity contribution in [1.82, 2.24) is 10.2 Å². The Kier molecular flexibility index (Phi) is 6.09. The summed E-state index contributed by atoms with van der Waals surface area (Å²) in [6.45, 7) is 2.87. The predicted molar refractivity (Wildman–Crippen MR) is 101 cm³/mol. The molecule has 0 saturated carbocycles. The van der Waals surface area contributed by atoms with Crippen LogP contribution in [0.15, 0.2) is 42.6 Å². The first kappa shape index (κ1) is 18.1. The second-order valence-electron chi connectivity index (χ2n) is 5.55. The van der Waals surface area contributed by atoms with E-state index in [4.69, 9.17) is 27.4 Å². The summed E-state index contributed by atoms with van der Waals surface area (Å²) >= 11 is 5.07. The van der Waals surface area contributed by atoms with Gasteiger partial charge < -0.3 is 25.4 Å². The monoisotopic (exact) mass is 347 g/mol. The molecule has 2 rings (SSSR count). The molecule has 130 valence electrons. The molecule has 1 aromatic carbocycles. The second-order valence-corrected chi connectivity index (χ2v) is 5.99. The predicted octanol–water partition coefficient (Wildman–Crippen LogP) is 2.57. The Morgan fingerprint density at radius 1 is 1.25 bits per heavy atom. The number of hydrogen-bond acceptors (Lipinski definition) is 4. The normalized spacial score (nSPS) is 19.2. The molecule has 3 N–H and O–H groups in total. The van der Waals surface area contributed by atoms with Crippen molar-refractivity contribution in [3.63, 3.8) is 0 Å². The zero-order valence-electron chi connectivity index (χ0n) is 14.4. The molecule has 6 heteroatoms. The maximum absolute atomic E-state index is 5.74. The summed E-state index contributed by atoms with van der Waals surface area (Å²) in [5.74, 6) is 1.66. The van der Waals surface area contributed by atoms with E-state index in [1.54, 1.807) is 14.2 Å². The molecule has 0 saturated heterocycles. The first-order valence-corrected chi connectivity index (χ1v) is 8.37. The van der Waals surface area contributed by atoms with Gasteiger partial charge in [0.2, 0.25) is 0 Å². The molecule has 1 aromatic rings. The van der Waals surface area contributed by atoms with Crippen LogP contribution < -0.4 is 20.5 Å². The van der Waals surface area contributed by atoms with E-state index in [1.807, 2.05) is 30.4 Å². The van der Waals surface area contributed by atoms with Gasteiger partial charge in [0.25, 0.3) is 0 Å². The maximum Gasteiger partial charge on any atom is 0.165 e. The minimum Gasteiger partial charge on any atom is -0.496 e. The summed E-state index contributed by atoms with van der Waals surface area (Å²) in [4.78, 5) is 2.21. The zero-order chi connectivity index (χ0) is 17.6. The maximum atomic E-state index is 5.74. The van der Waals surface area contributed by atoms with Crippen molar-refractivity contribution in [1.29, 1.82) is 0 Å². The standard InChI is InChI=1S/C18H25N3O2S/c1-4-18(20-17(19)24)11-5-6-12-21(18)13-10-14-15(22-2)8-7-9-16(14)23-3/h5-9,11-12H,4,10,13H2,1-3H3,(H3,19,20,24). The largest absolute Gasteiger partial charge is 0.496 e. The number of allylic oxidation sites excluding steroid dienone is 2. The van der Waals surface area contributed by atoms with Crippen molar-refractivity contribution in [2.24, 2.45) is 5.73 Å². The van der Waals surface area contributed by atoms with Crippen LogP contribution in [0.3, 0.4) is 0 Å². The first-order valence-electron chi connectivity index (χ1n) is 7.96. The molecule has 0 amide bonds. The van der Waals surface area contributed by atoms with Gasteiger partial charge in [0.05, 0.1) is 14.2 Å². The van der Waals surface area contributed by atoms with Crippen LogP contribution in [0.5, 0.6) is 11.5 Å². The molecule has 0 bridgehead atoms. The highest BCUT2D eigenvalue weighted by Gasteiger charge is 2.32. The molecule has 0 aromatic heterocycles. The number of hydrogen-bond donors (Lipinski definition) is 2. The third-order valence-corrected chi connectivity index (χ3v) is 4.37. The summed E-state index contributed by atoms with van der Waals surface area (Å²) in [7, 11) is 3.35. The highest BCUT2D eigenvalue weighted by molar-refractivity contribution is 7.80. The molecular weight excluding hydrogens is 322 g/mol. The first-order chi connectivity index (χ1) is 11.6. The van der Waals surface area contributed by atoms with E-state index in [0.717, 1.165) is 36.4 Å². The Morgan fingerprint density at radius 2 is 1.92 bits per heavy atom. The molecule has 24 heavy (non-hydrogen) atoms. The van der Waals surface area contributed by atoms with Gasteiger partial charge in [-0.1, -0.05) is 19.1 Å². The van der Waals surface area contributed by atoms with Crippen molar-refractivity contribution < 1.29 is 9.47 Å². The van der Waals surface area contributed by atoms with Gasteiger partial charge >= 0.3 is 0 Å². The minimum atomic E-state index is -0.407. The van der Waals surface area contributed by atoms with Crippen LogP contribution in [0.4, 0.5) is 0 Å². The van der Waals surface area contributed by atoms with E-state index in [1.165, 1.54) is 0 Å². The van der Waals surface area contributed by atoms with Gasteiger partial charge in [0.15, 0.2) is 5.11 Å². The molecule has 0 fully saturated rings. The van der Waals surface area contributed by atoms with Crippen molar-refractivity contribution in [3.8, 4) is 11.5 Å². The quantitative estimate of drug-likeness (QED) is 0.740. The Hall–Kier alpha value is -2.21. The number of nitrogens with zero attached hydrogens (tertiary/aromatic N) is 1. The van der Waals surface area contributed by atoms with Gasteiger partial charge in [-0.3, -0.25) is 0 Å². The molecule has 5 nitrogen and oxygen atoms in total. The summed E-state index contributed by atoms with van der Waals surface area (Å²) in [6.07, 6.45) is 9.76. The Bertz CT molecular complexity index is 623. The molecule has 1 atom stereocenters. The van der Waals surface area contributed by atoms with Gasteiger partial charge in [0.1, 0.15) is 17.2 Å². The van der Waals surface area contributed by atoms with E-state index in [9.17, 15) is 0 Å². The Labute approximate surface area is 149 Å². The van der Waals surface area contributed by atoms with Gasteiger partial charge in [0, 0.05) is 18.3 Å². The third kappa shape index (κ3) is 3.82. The zero-order valence-corrected chi connectivity index (χ0v) is 15.2. The van der Waals surface area contributed by atoms with Gasteiger partial charge in [-0.15, -0.1) is 0 Å². The van der Waals surface area contributed by atoms with E-state index in [0.29, 0.717) is 0 Å². The van der Waals surface area contributed by atoms with Crippen molar-refractivity contribution in [2.45, 2.75) is 25.4 Å². The topological polar surface area (TPSA) is 59.8 Å². The van der Waals surface area contributed by atoms with Crippen LogP contribution in [0, 0.1) is 0 Å². The third-order valence-electron chi connectivity index (χ3n) is 4.27.